The van der Waals surface area contributed by atoms with Crippen molar-refractivity contribution in [3.63, 3.8) is 0 Å². The molecule has 0 rings (SSSR count). The Kier molecular flexibility index (Phi) is 2.51. The predicted octanol–water partition coefficient (Wildman–Crippen LogP) is 0.0115. The van der Waals surface area contributed by atoms with Crippen LogP contribution in [0, 0.1) is 12.5 Å². The molecule has 0 saturated heterocycles. The van der Waals surface area contributed by atoms with E-state index in [0.717, 1.165) is 0 Å². The zero-order valence-corrected chi connectivity index (χ0v) is 2.92. The molecule has 0 radical (unpaired) electrons. The van der Waals surface area contributed by atoms with Crippen LogP contribution in [0.25, 0.3) is 0 Å². The summed E-state index contributed by atoms with van der Waals surface area (Å²) in [5, 5.41) is 0. The van der Waals surface area contributed by atoms with E-state index in [9.17, 15) is 0 Å². The topological polar surface area (TPSA) is 12.0 Å². The van der Waals surface area contributed by atoms with Gasteiger partial charge >= 0.3 is 0 Å². The third-order valence-electron chi connectivity index (χ3n) is 0.0645. The molecule has 2 heteroatoms. The van der Waals surface area contributed by atoms with E-state index in [1.807, 2.05) is 6.04 Å². The Labute approximate surface area is 30.9 Å². The number of nitrogens with one attached hydrogen (secondary N) is 1. The van der Waals surface area contributed by atoms with E-state index in [1.54, 1.807) is 0 Å². The molecule has 0 aliphatic heterocycles. The fourth-order valence-electron chi connectivity index (χ4n) is 0. The summed E-state index contributed by atoms with van der Waals surface area (Å²) in [6.45, 7) is 0. The van der Waals surface area contributed by atoms with Gasteiger partial charge in [-0.1, -0.05) is 19.2 Å². The molecule has 22 valence electrons. The van der Waals surface area contributed by atoms with Gasteiger partial charge in [-0.25, -0.2) is 0 Å². The number of thiol groups is 1. The van der Waals surface area contributed by atoms with Gasteiger partial charge < -0.3 is 0 Å². The van der Waals surface area contributed by atoms with Crippen LogP contribution in [0.4, 0.5) is 0 Å². The minimum atomic E-state index is 2.04. The lowest BCUT2D eigenvalue weighted by molar-refractivity contribution is 1.55. The van der Waals surface area contributed by atoms with Crippen molar-refractivity contribution in [3.05, 3.63) is 0 Å². The van der Waals surface area contributed by atoms with Crippen LogP contribution in [-0.4, -0.2) is 0 Å². The summed E-state index contributed by atoms with van der Waals surface area (Å²) in [4.78, 5) is 0. The minimum Gasteiger partial charge on any atom is -0.292 e. The van der Waals surface area contributed by atoms with Crippen molar-refractivity contribution < 1.29 is 0 Å². The Balaban J connectivity index is 2.43. The normalized spacial score (nSPS) is 4.00. The smallest absolute Gasteiger partial charge is 0.0116 e. The first-order chi connectivity index (χ1) is 1.91. The van der Waals surface area contributed by atoms with Gasteiger partial charge in [-0.05, 0) is 0 Å². The SMILES string of the molecule is C#CNS. The quantitative estimate of drug-likeness (QED) is 0.234. The second kappa shape index (κ2) is 2.71. The Bertz CT molecular complexity index is 35.8. The summed E-state index contributed by atoms with van der Waals surface area (Å²) in [6, 6.07) is 2.04. The average Bonchev–Trinajstić information content (AvgIpc) is 1.37. The van der Waals surface area contributed by atoms with Gasteiger partial charge in [0.2, 0.25) is 0 Å². The van der Waals surface area contributed by atoms with Crippen molar-refractivity contribution in [2.24, 2.45) is 0 Å². The highest BCUT2D eigenvalue weighted by molar-refractivity contribution is 7.78. The Morgan fingerprint density at radius 2 is 2.25 bits per heavy atom. The van der Waals surface area contributed by atoms with Crippen LogP contribution in [0.15, 0.2) is 0 Å². The van der Waals surface area contributed by atoms with Gasteiger partial charge in [0.1, 0.15) is 0 Å². The Morgan fingerprint density at radius 3 is 2.25 bits per heavy atom. The molecular weight excluding hydrogens is 70.1 g/mol. The lowest BCUT2D eigenvalue weighted by Crippen LogP contribution is -1.76. The Hall–Kier alpha value is -0.290. The highest BCUT2D eigenvalue weighted by Crippen LogP contribution is 1.42. The number of hydrogen-bond donors (Lipinski definition) is 2. The van der Waals surface area contributed by atoms with E-state index >= 15 is 0 Å². The van der Waals surface area contributed by atoms with Gasteiger partial charge in [-0.15, -0.1) is 0 Å². The maximum absolute atomic E-state index is 4.59. The van der Waals surface area contributed by atoms with Gasteiger partial charge in [0.15, 0.2) is 0 Å². The van der Waals surface area contributed by atoms with Crippen molar-refractivity contribution in [2.75, 3.05) is 0 Å². The molecule has 0 aromatic carbocycles. The van der Waals surface area contributed by atoms with Crippen LogP contribution in [0.5, 0.6) is 0 Å². The molecule has 0 aliphatic carbocycles. The van der Waals surface area contributed by atoms with Crippen LogP contribution in [0.3, 0.4) is 0 Å². The molecule has 1 N–H and O–H groups in total. The summed E-state index contributed by atoms with van der Waals surface area (Å²) < 4.78 is 2.15. The van der Waals surface area contributed by atoms with E-state index in [1.165, 1.54) is 0 Å². The van der Waals surface area contributed by atoms with Crippen LogP contribution < -0.4 is 4.72 Å². The highest BCUT2D eigenvalue weighted by atomic mass is 32.1. The molecule has 0 heterocycles. The molecule has 0 atom stereocenters. The predicted molar refractivity (Wildman–Crippen MR) is 21.0 cm³/mol. The van der Waals surface area contributed by atoms with E-state index in [0.29, 0.717) is 0 Å². The van der Waals surface area contributed by atoms with Crippen molar-refractivity contribution >= 4 is 12.8 Å². The van der Waals surface area contributed by atoms with E-state index in [4.69, 9.17) is 0 Å². The first kappa shape index (κ1) is 3.71. The summed E-state index contributed by atoms with van der Waals surface area (Å²) in [6.07, 6.45) is 4.59. The van der Waals surface area contributed by atoms with Crippen LogP contribution in [0.2, 0.25) is 0 Å². The molecule has 0 fully saturated rings. The number of hydrogen-bond acceptors (Lipinski definition) is 2. The zero-order valence-electron chi connectivity index (χ0n) is 2.02. The molecule has 0 unspecified atom stereocenters. The molecule has 0 aliphatic rings. The van der Waals surface area contributed by atoms with E-state index in [2.05, 4.69) is 24.0 Å². The monoisotopic (exact) mass is 73.0 g/mol. The maximum Gasteiger partial charge on any atom is 0.0116 e. The molecule has 0 bridgehead atoms. The maximum atomic E-state index is 4.59. The van der Waals surface area contributed by atoms with Crippen LogP contribution in [-0.2, 0) is 0 Å². The first-order valence-corrected chi connectivity index (χ1v) is 1.21. The van der Waals surface area contributed by atoms with Gasteiger partial charge in [0.25, 0.3) is 0 Å². The summed E-state index contributed by atoms with van der Waals surface area (Å²) in [7, 11) is 0. The molecule has 0 aromatic rings. The Morgan fingerprint density at radius 1 is 2.00 bits per heavy atom. The molecule has 0 aromatic heterocycles. The zero-order chi connectivity index (χ0) is 3.41. The summed E-state index contributed by atoms with van der Waals surface area (Å²) >= 11 is 3.43. The molecular formula is C2H3NS. The second-order valence-electron chi connectivity index (χ2n) is 0.256. The van der Waals surface area contributed by atoms with Gasteiger partial charge in [-0.2, -0.15) is 0 Å². The molecule has 1 nitrogen and oxygen atoms in total. The van der Waals surface area contributed by atoms with Crippen molar-refractivity contribution in [1.82, 2.24) is 4.72 Å². The molecule has 0 spiro atoms. The molecule has 0 amide bonds. The lowest BCUT2D eigenvalue weighted by atomic mass is 11.2. The molecule has 4 heavy (non-hydrogen) atoms. The largest absolute Gasteiger partial charge is 0.292 e. The van der Waals surface area contributed by atoms with E-state index < -0.39 is 0 Å². The molecule has 0 saturated carbocycles. The van der Waals surface area contributed by atoms with Crippen molar-refractivity contribution in [3.8, 4) is 12.5 Å². The lowest BCUT2D eigenvalue weighted by Gasteiger charge is -1.63. The van der Waals surface area contributed by atoms with Crippen LogP contribution in [0.1, 0.15) is 0 Å². The minimum absolute atomic E-state index is 2.04. The fraction of sp³-hybridized carbons (Fsp3) is 0. The van der Waals surface area contributed by atoms with E-state index in [-0.39, 0.29) is 0 Å². The number of terminal acetylenes is 1. The summed E-state index contributed by atoms with van der Waals surface area (Å²) in [5.74, 6) is 0. The van der Waals surface area contributed by atoms with Crippen molar-refractivity contribution in [2.45, 2.75) is 0 Å². The van der Waals surface area contributed by atoms with Crippen LogP contribution >= 0.6 is 12.8 Å². The third kappa shape index (κ3) is 1.71. The van der Waals surface area contributed by atoms with Gasteiger partial charge in [0.05, 0.1) is 0 Å². The van der Waals surface area contributed by atoms with Gasteiger partial charge in [0, 0.05) is 6.04 Å². The second-order valence-corrected chi connectivity index (χ2v) is 0.480. The summed E-state index contributed by atoms with van der Waals surface area (Å²) in [5.41, 5.74) is 0. The average molecular weight is 73.1 g/mol. The first-order valence-electron chi connectivity index (χ1n) is 0.762. The number of rotatable bonds is 0. The van der Waals surface area contributed by atoms with Gasteiger partial charge in [-0.3, -0.25) is 4.72 Å². The highest BCUT2D eigenvalue weighted by Gasteiger charge is 1.34. The third-order valence-corrected chi connectivity index (χ3v) is 0.194. The standard InChI is InChI=1S/C2H3NS/c1-2-3-4/h1,3-4H. The van der Waals surface area contributed by atoms with Crippen molar-refractivity contribution in [1.29, 1.82) is 0 Å². The fourth-order valence-corrected chi connectivity index (χ4v) is 0.